The molecule has 0 spiro atoms. The maximum atomic E-state index is 8.56. The minimum atomic E-state index is -1.83. The molecule has 0 amide bonds. The molecule has 0 aromatic carbocycles. The molecule has 0 aromatic heterocycles. The van der Waals surface area contributed by atoms with E-state index in [1.54, 1.807) is 6.92 Å². The van der Waals surface area contributed by atoms with Crippen LogP contribution in [0.2, 0.25) is 0 Å². The predicted molar refractivity (Wildman–Crippen MR) is 31.8 cm³/mol. The molecule has 5 heteroatoms. The van der Waals surface area contributed by atoms with Gasteiger partial charge in [-0.25, -0.2) is 4.79 Å². The number of rotatable bonds is 0. The molecule has 0 aliphatic rings. The second kappa shape index (κ2) is 6.85. The van der Waals surface area contributed by atoms with Gasteiger partial charge in [-0.2, -0.15) is 0 Å². The van der Waals surface area contributed by atoms with E-state index in [0.717, 1.165) is 0 Å². The molecule has 0 saturated carbocycles. The molecule has 0 radical (unpaired) electrons. The number of alkyl halides is 2. The lowest BCUT2D eigenvalue weighted by molar-refractivity contribution is 0.137. The van der Waals surface area contributed by atoms with Crippen molar-refractivity contribution in [2.24, 2.45) is 0 Å². The largest absolute Gasteiger partial charge is 0.503 e. The Morgan fingerprint density at radius 2 is 1.50 bits per heavy atom. The van der Waals surface area contributed by atoms with Crippen LogP contribution in [0.15, 0.2) is 0 Å². The summed E-state index contributed by atoms with van der Waals surface area (Å²) in [6.07, 6.45) is -1.83. The molecule has 3 nitrogen and oxygen atoms in total. The minimum Gasteiger partial charge on any atom is -0.450 e. The molecule has 0 bridgehead atoms. The van der Waals surface area contributed by atoms with Gasteiger partial charge in [0.25, 0.3) is 0 Å². The van der Waals surface area contributed by atoms with Crippen molar-refractivity contribution in [1.29, 1.82) is 0 Å². The van der Waals surface area contributed by atoms with Crippen molar-refractivity contribution >= 4 is 29.4 Å². The van der Waals surface area contributed by atoms with Crippen molar-refractivity contribution in [2.45, 2.75) is 11.8 Å². The predicted octanol–water partition coefficient (Wildman–Crippen LogP) is 2.03. The van der Waals surface area contributed by atoms with E-state index < -0.39 is 6.16 Å². The van der Waals surface area contributed by atoms with E-state index in [0.29, 0.717) is 0 Å². The molecule has 0 heterocycles. The van der Waals surface area contributed by atoms with Crippen LogP contribution in [0.25, 0.3) is 0 Å². The molecule has 0 fully saturated rings. The fraction of sp³-hybridized carbons (Fsp3) is 0.667. The van der Waals surface area contributed by atoms with Crippen LogP contribution in [0.5, 0.6) is 0 Å². The number of carbonyl (C=O) groups is 1. The average molecular weight is 161 g/mol. The normalized spacial score (nSPS) is 7.50. The topological polar surface area (TPSA) is 57.5 Å². The summed E-state index contributed by atoms with van der Waals surface area (Å²) in [6.45, 7) is 1.70. The third-order valence-electron chi connectivity index (χ3n) is 0. The number of hydrogen-bond donors (Lipinski definition) is 2. The van der Waals surface area contributed by atoms with E-state index in [1.807, 2.05) is 0 Å². The van der Waals surface area contributed by atoms with E-state index in [1.165, 1.54) is 0 Å². The number of halogens is 2. The van der Waals surface area contributed by atoms with E-state index >= 15 is 0 Å². The first-order valence-electron chi connectivity index (χ1n) is 1.67. The van der Waals surface area contributed by atoms with Crippen LogP contribution in [0, 0.1) is 0 Å². The molecule has 0 aliphatic carbocycles. The maximum Gasteiger partial charge on any atom is 0.503 e. The van der Waals surface area contributed by atoms with Gasteiger partial charge in [0.05, 0.1) is 0 Å². The summed E-state index contributed by atoms with van der Waals surface area (Å²) in [5.41, 5.74) is 0. The fourth-order valence-corrected chi connectivity index (χ4v) is 0. The summed E-state index contributed by atoms with van der Waals surface area (Å²) in [4.78, 5) is 8.33. The highest BCUT2D eigenvalue weighted by molar-refractivity contribution is 6.43. The molecule has 0 atom stereocenters. The van der Waals surface area contributed by atoms with Crippen LogP contribution in [-0.4, -0.2) is 21.2 Å². The summed E-state index contributed by atoms with van der Waals surface area (Å²) >= 11 is 10.1. The van der Waals surface area contributed by atoms with Crippen molar-refractivity contribution in [1.82, 2.24) is 0 Å². The molecule has 0 saturated heterocycles. The Morgan fingerprint density at radius 3 is 1.50 bits per heavy atom. The van der Waals surface area contributed by atoms with Crippen LogP contribution < -0.4 is 0 Å². The lowest BCUT2D eigenvalue weighted by Crippen LogP contribution is -1.81. The Labute approximate surface area is 56.8 Å². The zero-order chi connectivity index (χ0) is 7.15. The van der Waals surface area contributed by atoms with E-state index in [-0.39, 0.29) is 4.84 Å². The minimum absolute atomic E-state index is 0.222. The SMILES string of the molecule is CC(Cl)Cl.O=C(O)O. The molecule has 8 heavy (non-hydrogen) atoms. The van der Waals surface area contributed by atoms with Crippen LogP contribution in [0.1, 0.15) is 6.92 Å². The molecular formula is C3H6Cl2O3. The van der Waals surface area contributed by atoms with Gasteiger partial charge in [0.1, 0.15) is 4.84 Å². The van der Waals surface area contributed by atoms with Gasteiger partial charge in [0.2, 0.25) is 0 Å². The van der Waals surface area contributed by atoms with Crippen molar-refractivity contribution in [3.05, 3.63) is 0 Å². The molecule has 0 unspecified atom stereocenters. The highest BCUT2D eigenvalue weighted by Crippen LogP contribution is 1.95. The van der Waals surface area contributed by atoms with Gasteiger partial charge < -0.3 is 10.2 Å². The molecular weight excluding hydrogens is 155 g/mol. The van der Waals surface area contributed by atoms with Gasteiger partial charge in [-0.1, -0.05) is 0 Å². The second-order valence-corrected chi connectivity index (χ2v) is 2.33. The lowest BCUT2D eigenvalue weighted by Gasteiger charge is -1.72. The first-order valence-corrected chi connectivity index (χ1v) is 2.54. The van der Waals surface area contributed by atoms with E-state index in [4.69, 9.17) is 38.2 Å². The highest BCUT2D eigenvalue weighted by Gasteiger charge is 1.75. The smallest absolute Gasteiger partial charge is 0.450 e. The van der Waals surface area contributed by atoms with Crippen LogP contribution >= 0.6 is 23.2 Å². The molecule has 0 rings (SSSR count). The van der Waals surface area contributed by atoms with Gasteiger partial charge in [0, 0.05) is 0 Å². The van der Waals surface area contributed by atoms with E-state index in [9.17, 15) is 0 Å². The fourth-order valence-electron chi connectivity index (χ4n) is 0. The van der Waals surface area contributed by atoms with Gasteiger partial charge in [-0.3, -0.25) is 0 Å². The Bertz CT molecular complexity index is 56.8. The molecule has 2 N–H and O–H groups in total. The third-order valence-corrected chi connectivity index (χ3v) is 0. The first kappa shape index (κ1) is 10.8. The Balaban J connectivity index is 0. The van der Waals surface area contributed by atoms with Gasteiger partial charge in [-0.05, 0) is 6.92 Å². The van der Waals surface area contributed by atoms with Gasteiger partial charge >= 0.3 is 6.16 Å². The maximum absolute atomic E-state index is 8.56. The molecule has 0 aliphatic heterocycles. The van der Waals surface area contributed by atoms with Crippen LogP contribution in [0.3, 0.4) is 0 Å². The Kier molecular flexibility index (Phi) is 9.22. The van der Waals surface area contributed by atoms with E-state index in [2.05, 4.69) is 0 Å². The monoisotopic (exact) mass is 160 g/mol. The average Bonchev–Trinajstić information content (AvgIpc) is 1.25. The number of carboxylic acid groups (broad SMARTS) is 2. The highest BCUT2D eigenvalue weighted by atomic mass is 35.5. The van der Waals surface area contributed by atoms with Crippen LogP contribution in [-0.2, 0) is 0 Å². The quantitative estimate of drug-likeness (QED) is 0.534. The second-order valence-electron chi connectivity index (χ2n) is 0.801. The zero-order valence-corrected chi connectivity index (χ0v) is 5.65. The zero-order valence-electron chi connectivity index (χ0n) is 4.14. The van der Waals surface area contributed by atoms with Crippen molar-refractivity contribution in [3.8, 4) is 0 Å². The van der Waals surface area contributed by atoms with Crippen molar-refractivity contribution in [3.63, 3.8) is 0 Å². The Morgan fingerprint density at radius 1 is 1.50 bits per heavy atom. The summed E-state index contributed by atoms with van der Waals surface area (Å²) in [7, 11) is 0. The summed E-state index contributed by atoms with van der Waals surface area (Å²) < 4.78 is 0. The van der Waals surface area contributed by atoms with Gasteiger partial charge in [-0.15, -0.1) is 23.2 Å². The van der Waals surface area contributed by atoms with Crippen molar-refractivity contribution < 1.29 is 15.0 Å². The Hall–Kier alpha value is -0.150. The summed E-state index contributed by atoms with van der Waals surface area (Å²) in [5.74, 6) is 0. The summed E-state index contributed by atoms with van der Waals surface area (Å²) in [6, 6.07) is 0. The third kappa shape index (κ3) is 6120. The summed E-state index contributed by atoms with van der Waals surface area (Å²) in [5, 5.41) is 13.9. The van der Waals surface area contributed by atoms with Gasteiger partial charge in [0.15, 0.2) is 0 Å². The first-order chi connectivity index (χ1) is 3.46. The molecule has 0 aromatic rings. The number of hydrogen-bond acceptors (Lipinski definition) is 1. The standard InChI is InChI=1S/C2H4Cl2.CH2O3/c1-2(3)4;2-1(3)4/h2H,1H3;(H2,2,3,4). The van der Waals surface area contributed by atoms with Crippen molar-refractivity contribution in [2.75, 3.05) is 0 Å². The van der Waals surface area contributed by atoms with Crippen LogP contribution in [0.4, 0.5) is 4.79 Å². The lowest BCUT2D eigenvalue weighted by atomic mass is 11.0. The molecule has 50 valence electrons.